The summed E-state index contributed by atoms with van der Waals surface area (Å²) in [5.41, 5.74) is 1.15. The Kier molecular flexibility index (Phi) is 7.39. The SMILES string of the molecule is COc1ccc(N2CCN(C(=O)CCNC(=O)NC3CCCCC3)CC2)cc1. The number of rotatable bonds is 6. The van der Waals surface area contributed by atoms with Crippen LogP contribution in [0.4, 0.5) is 10.5 Å². The van der Waals surface area contributed by atoms with Gasteiger partial charge in [-0.3, -0.25) is 4.79 Å². The largest absolute Gasteiger partial charge is 0.497 e. The summed E-state index contributed by atoms with van der Waals surface area (Å²) in [6.45, 7) is 3.43. The predicted molar refractivity (Wildman–Crippen MR) is 110 cm³/mol. The lowest BCUT2D eigenvalue weighted by Crippen LogP contribution is -2.49. The van der Waals surface area contributed by atoms with Gasteiger partial charge in [0.15, 0.2) is 0 Å². The first-order valence-electron chi connectivity index (χ1n) is 10.4. The lowest BCUT2D eigenvalue weighted by Gasteiger charge is -2.36. The van der Waals surface area contributed by atoms with Gasteiger partial charge in [0.2, 0.25) is 5.91 Å². The van der Waals surface area contributed by atoms with Crippen molar-refractivity contribution in [2.75, 3.05) is 44.7 Å². The summed E-state index contributed by atoms with van der Waals surface area (Å²) in [4.78, 5) is 28.5. The van der Waals surface area contributed by atoms with Gasteiger partial charge >= 0.3 is 6.03 Å². The summed E-state index contributed by atoms with van der Waals surface area (Å²) in [6, 6.07) is 8.14. The van der Waals surface area contributed by atoms with E-state index in [-0.39, 0.29) is 18.0 Å². The van der Waals surface area contributed by atoms with Gasteiger partial charge in [0.1, 0.15) is 5.75 Å². The molecule has 154 valence electrons. The molecule has 1 heterocycles. The third-order valence-corrected chi connectivity index (χ3v) is 5.63. The molecule has 1 saturated carbocycles. The topological polar surface area (TPSA) is 73.9 Å². The molecule has 0 atom stereocenters. The zero-order valence-electron chi connectivity index (χ0n) is 16.8. The number of urea groups is 1. The zero-order chi connectivity index (χ0) is 19.8. The van der Waals surface area contributed by atoms with E-state index in [0.717, 1.165) is 37.4 Å². The van der Waals surface area contributed by atoms with Crippen LogP contribution in [0, 0.1) is 0 Å². The molecule has 1 saturated heterocycles. The second-order valence-corrected chi connectivity index (χ2v) is 7.55. The molecule has 1 aliphatic heterocycles. The Balaban J connectivity index is 1.33. The summed E-state index contributed by atoms with van der Waals surface area (Å²) < 4.78 is 5.20. The van der Waals surface area contributed by atoms with Crippen molar-refractivity contribution < 1.29 is 14.3 Å². The van der Waals surface area contributed by atoms with Gasteiger partial charge in [-0.15, -0.1) is 0 Å². The normalized spacial score (nSPS) is 17.9. The monoisotopic (exact) mass is 388 g/mol. The molecule has 2 aliphatic rings. The van der Waals surface area contributed by atoms with E-state index in [4.69, 9.17) is 4.74 Å². The van der Waals surface area contributed by atoms with Gasteiger partial charge in [-0.05, 0) is 37.1 Å². The third-order valence-electron chi connectivity index (χ3n) is 5.63. The molecule has 0 unspecified atom stereocenters. The Labute approximate surface area is 167 Å². The predicted octanol–water partition coefficient (Wildman–Crippen LogP) is 2.37. The molecule has 0 spiro atoms. The first-order valence-corrected chi connectivity index (χ1v) is 10.4. The van der Waals surface area contributed by atoms with Gasteiger partial charge in [-0.2, -0.15) is 0 Å². The number of anilines is 1. The molecule has 2 fully saturated rings. The summed E-state index contributed by atoms with van der Waals surface area (Å²) in [5.74, 6) is 0.949. The van der Waals surface area contributed by atoms with E-state index in [1.165, 1.54) is 19.3 Å². The van der Waals surface area contributed by atoms with E-state index in [2.05, 4.69) is 15.5 Å². The molecule has 1 aromatic carbocycles. The van der Waals surface area contributed by atoms with Crippen molar-refractivity contribution in [1.29, 1.82) is 0 Å². The molecule has 3 amide bonds. The van der Waals surface area contributed by atoms with E-state index >= 15 is 0 Å². The first kappa shape index (κ1) is 20.3. The van der Waals surface area contributed by atoms with Gasteiger partial charge in [0, 0.05) is 50.9 Å². The Bertz CT molecular complexity index is 636. The van der Waals surface area contributed by atoms with Crippen LogP contribution in [0.1, 0.15) is 38.5 Å². The highest BCUT2D eigenvalue weighted by atomic mass is 16.5. The minimum absolute atomic E-state index is 0.104. The Hall–Kier alpha value is -2.44. The lowest BCUT2D eigenvalue weighted by molar-refractivity contribution is -0.131. The zero-order valence-corrected chi connectivity index (χ0v) is 16.8. The molecule has 1 aromatic rings. The number of hydrogen-bond donors (Lipinski definition) is 2. The van der Waals surface area contributed by atoms with Crippen LogP contribution in [-0.4, -0.2) is 62.7 Å². The summed E-state index contributed by atoms with van der Waals surface area (Å²) >= 11 is 0. The number of carbonyl (C=O) groups excluding carboxylic acids is 2. The van der Waals surface area contributed by atoms with Crippen LogP contribution in [0.15, 0.2) is 24.3 Å². The maximum atomic E-state index is 12.4. The number of piperazine rings is 1. The Morgan fingerprint density at radius 3 is 2.36 bits per heavy atom. The molecule has 28 heavy (non-hydrogen) atoms. The fraction of sp³-hybridized carbons (Fsp3) is 0.619. The fourth-order valence-electron chi connectivity index (χ4n) is 3.93. The number of methoxy groups -OCH3 is 1. The Morgan fingerprint density at radius 1 is 1.04 bits per heavy atom. The second-order valence-electron chi connectivity index (χ2n) is 7.55. The number of hydrogen-bond acceptors (Lipinski definition) is 4. The standard InChI is InChI=1S/C21H32N4O3/c1-28-19-9-7-18(8-10-19)24-13-15-25(16-14-24)20(26)11-12-22-21(27)23-17-5-3-2-4-6-17/h7-10,17H,2-6,11-16H2,1H3,(H2,22,23,27). The van der Waals surface area contributed by atoms with Crippen LogP contribution in [0.5, 0.6) is 5.75 Å². The van der Waals surface area contributed by atoms with Crippen LogP contribution in [0.25, 0.3) is 0 Å². The molecular formula is C21H32N4O3. The maximum absolute atomic E-state index is 12.4. The second kappa shape index (κ2) is 10.2. The number of nitrogens with zero attached hydrogens (tertiary/aromatic N) is 2. The van der Waals surface area contributed by atoms with Crippen molar-refractivity contribution in [1.82, 2.24) is 15.5 Å². The minimum Gasteiger partial charge on any atom is -0.497 e. The van der Waals surface area contributed by atoms with Crippen LogP contribution < -0.4 is 20.3 Å². The van der Waals surface area contributed by atoms with Gasteiger partial charge < -0.3 is 25.2 Å². The van der Waals surface area contributed by atoms with Crippen LogP contribution in [0.2, 0.25) is 0 Å². The van der Waals surface area contributed by atoms with Crippen LogP contribution >= 0.6 is 0 Å². The Morgan fingerprint density at radius 2 is 1.71 bits per heavy atom. The molecule has 0 bridgehead atoms. The van der Waals surface area contributed by atoms with Crippen LogP contribution in [0.3, 0.4) is 0 Å². The third kappa shape index (κ3) is 5.78. The lowest BCUT2D eigenvalue weighted by atomic mass is 9.96. The number of carbonyl (C=O) groups is 2. The maximum Gasteiger partial charge on any atom is 0.315 e. The quantitative estimate of drug-likeness (QED) is 0.785. The van der Waals surface area contributed by atoms with Crippen molar-refractivity contribution in [3.05, 3.63) is 24.3 Å². The van der Waals surface area contributed by atoms with Crippen molar-refractivity contribution in [3.8, 4) is 5.75 Å². The fourth-order valence-corrected chi connectivity index (χ4v) is 3.93. The molecule has 0 radical (unpaired) electrons. The summed E-state index contributed by atoms with van der Waals surface area (Å²) in [6.07, 6.45) is 6.11. The van der Waals surface area contributed by atoms with E-state index in [9.17, 15) is 9.59 Å². The number of ether oxygens (including phenoxy) is 1. The highest BCUT2D eigenvalue weighted by Gasteiger charge is 2.21. The highest BCUT2D eigenvalue weighted by molar-refractivity contribution is 5.78. The minimum atomic E-state index is -0.149. The van der Waals surface area contributed by atoms with Crippen molar-refractivity contribution >= 4 is 17.6 Å². The first-order chi connectivity index (χ1) is 13.7. The van der Waals surface area contributed by atoms with E-state index < -0.39 is 0 Å². The molecule has 2 N–H and O–H groups in total. The van der Waals surface area contributed by atoms with Crippen molar-refractivity contribution in [3.63, 3.8) is 0 Å². The van der Waals surface area contributed by atoms with Gasteiger partial charge in [-0.25, -0.2) is 4.79 Å². The summed E-state index contributed by atoms with van der Waals surface area (Å²) in [7, 11) is 1.66. The summed E-state index contributed by atoms with van der Waals surface area (Å²) in [5, 5.41) is 5.84. The molecule has 0 aromatic heterocycles. The molecule has 7 nitrogen and oxygen atoms in total. The van der Waals surface area contributed by atoms with E-state index in [1.54, 1.807) is 7.11 Å². The van der Waals surface area contributed by atoms with E-state index in [0.29, 0.717) is 26.1 Å². The smallest absolute Gasteiger partial charge is 0.315 e. The molecular weight excluding hydrogens is 356 g/mol. The number of amides is 3. The highest BCUT2D eigenvalue weighted by Crippen LogP contribution is 2.20. The van der Waals surface area contributed by atoms with Crippen molar-refractivity contribution in [2.24, 2.45) is 0 Å². The molecule has 1 aliphatic carbocycles. The average molecular weight is 389 g/mol. The van der Waals surface area contributed by atoms with Crippen LogP contribution in [-0.2, 0) is 4.79 Å². The van der Waals surface area contributed by atoms with Gasteiger partial charge in [0.25, 0.3) is 0 Å². The van der Waals surface area contributed by atoms with Gasteiger partial charge in [0.05, 0.1) is 7.11 Å². The number of benzene rings is 1. The molecule has 7 heteroatoms. The number of nitrogens with one attached hydrogen (secondary N) is 2. The average Bonchev–Trinajstić information content (AvgIpc) is 2.74. The molecule has 3 rings (SSSR count). The van der Waals surface area contributed by atoms with Crippen molar-refractivity contribution in [2.45, 2.75) is 44.6 Å². The van der Waals surface area contributed by atoms with Gasteiger partial charge in [-0.1, -0.05) is 19.3 Å². The van der Waals surface area contributed by atoms with E-state index in [1.807, 2.05) is 29.2 Å².